The lowest BCUT2D eigenvalue weighted by Gasteiger charge is -2.18. The van der Waals surface area contributed by atoms with E-state index >= 15 is 0 Å². The van der Waals surface area contributed by atoms with E-state index in [9.17, 15) is 14.4 Å². The molecular formula is C23H23ClN2O5. The minimum absolute atomic E-state index is 0.00941. The molecule has 1 heterocycles. The highest BCUT2D eigenvalue weighted by atomic mass is 35.5. The average molecular weight is 443 g/mol. The first-order valence-corrected chi connectivity index (χ1v) is 10.3. The van der Waals surface area contributed by atoms with Crippen molar-refractivity contribution in [3.8, 4) is 0 Å². The minimum Gasteiger partial charge on any atom is -0.450 e. The largest absolute Gasteiger partial charge is 0.450 e. The molecule has 31 heavy (non-hydrogen) atoms. The van der Waals surface area contributed by atoms with Crippen LogP contribution in [0.5, 0.6) is 0 Å². The summed E-state index contributed by atoms with van der Waals surface area (Å²) in [5, 5.41) is 3.73. The summed E-state index contributed by atoms with van der Waals surface area (Å²) in [5.74, 6) is -1.32. The molecule has 0 saturated heterocycles. The maximum atomic E-state index is 12.4. The zero-order valence-corrected chi connectivity index (χ0v) is 18.3. The Hall–Kier alpha value is -3.32. The summed E-state index contributed by atoms with van der Waals surface area (Å²) in [6.45, 7) is 6.31. The first kappa shape index (κ1) is 22.4. The quantitative estimate of drug-likeness (QED) is 0.537. The van der Waals surface area contributed by atoms with Crippen molar-refractivity contribution in [1.29, 1.82) is 0 Å². The van der Waals surface area contributed by atoms with E-state index in [1.807, 2.05) is 13.8 Å². The van der Waals surface area contributed by atoms with E-state index in [0.717, 1.165) is 0 Å². The number of fused-ring (bicyclic) bond motifs is 1. The van der Waals surface area contributed by atoms with E-state index in [1.54, 1.807) is 54.3 Å². The van der Waals surface area contributed by atoms with Crippen molar-refractivity contribution in [3.05, 3.63) is 64.4 Å². The summed E-state index contributed by atoms with van der Waals surface area (Å²) in [7, 11) is 0. The van der Waals surface area contributed by atoms with Gasteiger partial charge >= 0.3 is 5.97 Å². The number of para-hydroxylation sites is 1. The second-order valence-electron chi connectivity index (χ2n) is 6.85. The third-order valence-electron chi connectivity index (χ3n) is 4.90. The van der Waals surface area contributed by atoms with Crippen LogP contribution in [0.15, 0.2) is 46.9 Å². The molecule has 0 bridgehead atoms. The number of anilines is 1. The molecule has 3 rings (SSSR count). The molecule has 3 aromatic rings. The number of hydrogen-bond donors (Lipinski definition) is 1. The number of nitrogens with one attached hydrogen (secondary N) is 1. The lowest BCUT2D eigenvalue weighted by Crippen LogP contribution is -2.30. The summed E-state index contributed by atoms with van der Waals surface area (Å²) in [4.78, 5) is 38.6. The topological polar surface area (TPSA) is 88.9 Å². The number of benzene rings is 2. The molecular weight excluding hydrogens is 420 g/mol. The summed E-state index contributed by atoms with van der Waals surface area (Å²) < 4.78 is 10.6. The van der Waals surface area contributed by atoms with Gasteiger partial charge in [0.2, 0.25) is 5.76 Å². The number of furan rings is 1. The Bertz CT molecular complexity index is 1120. The van der Waals surface area contributed by atoms with Gasteiger partial charge in [-0.2, -0.15) is 0 Å². The van der Waals surface area contributed by atoms with Crippen molar-refractivity contribution >= 4 is 46.0 Å². The van der Waals surface area contributed by atoms with Gasteiger partial charge in [0.15, 0.2) is 12.2 Å². The van der Waals surface area contributed by atoms with Crippen LogP contribution in [0.25, 0.3) is 11.0 Å². The Labute approximate surface area is 184 Å². The van der Waals surface area contributed by atoms with Crippen LogP contribution in [0.1, 0.15) is 40.3 Å². The zero-order valence-electron chi connectivity index (χ0n) is 17.5. The monoisotopic (exact) mass is 442 g/mol. The normalized spacial score (nSPS) is 10.7. The molecule has 2 aromatic carbocycles. The van der Waals surface area contributed by atoms with Gasteiger partial charge in [-0.1, -0.05) is 23.7 Å². The summed E-state index contributed by atoms with van der Waals surface area (Å²) >= 11 is 6.10. The molecule has 8 heteroatoms. The SMILES string of the molecule is CCN(CC)C(=O)c1ccc(NC(=O)COC(=O)c2oc3c(Cl)cccc3c2C)cc1. The highest BCUT2D eigenvalue weighted by Gasteiger charge is 2.21. The number of hydrogen-bond acceptors (Lipinski definition) is 5. The molecule has 0 aliphatic heterocycles. The molecule has 7 nitrogen and oxygen atoms in total. The number of ether oxygens (including phenoxy) is 1. The molecule has 0 unspecified atom stereocenters. The lowest BCUT2D eigenvalue weighted by molar-refractivity contribution is -0.119. The van der Waals surface area contributed by atoms with Gasteiger partial charge in [0, 0.05) is 35.3 Å². The van der Waals surface area contributed by atoms with Gasteiger partial charge in [-0.25, -0.2) is 4.79 Å². The van der Waals surface area contributed by atoms with Crippen LogP contribution >= 0.6 is 11.6 Å². The van der Waals surface area contributed by atoms with Gasteiger partial charge in [0.25, 0.3) is 11.8 Å². The number of aryl methyl sites for hydroxylation is 1. The highest BCUT2D eigenvalue weighted by Crippen LogP contribution is 2.31. The van der Waals surface area contributed by atoms with Crippen molar-refractivity contribution in [2.75, 3.05) is 25.0 Å². The smallest absolute Gasteiger partial charge is 0.375 e. The Morgan fingerprint density at radius 2 is 1.74 bits per heavy atom. The second kappa shape index (κ2) is 9.66. The molecule has 0 saturated carbocycles. The molecule has 0 aliphatic rings. The van der Waals surface area contributed by atoms with Gasteiger partial charge in [-0.05, 0) is 51.1 Å². The average Bonchev–Trinajstić information content (AvgIpc) is 3.11. The van der Waals surface area contributed by atoms with E-state index < -0.39 is 18.5 Å². The van der Waals surface area contributed by atoms with E-state index in [-0.39, 0.29) is 11.7 Å². The maximum Gasteiger partial charge on any atom is 0.375 e. The van der Waals surface area contributed by atoms with Crippen molar-refractivity contribution in [2.45, 2.75) is 20.8 Å². The van der Waals surface area contributed by atoms with Crippen LogP contribution in [0.3, 0.4) is 0 Å². The minimum atomic E-state index is -0.750. The molecule has 2 amide bonds. The third-order valence-corrected chi connectivity index (χ3v) is 5.20. The van der Waals surface area contributed by atoms with Crippen molar-refractivity contribution in [2.24, 2.45) is 0 Å². The number of halogens is 1. The number of carbonyl (C=O) groups is 3. The van der Waals surface area contributed by atoms with E-state index in [0.29, 0.717) is 45.9 Å². The Morgan fingerprint density at radius 3 is 2.35 bits per heavy atom. The van der Waals surface area contributed by atoms with Gasteiger partial charge in [0.05, 0.1) is 5.02 Å². The summed E-state index contributed by atoms with van der Waals surface area (Å²) in [6, 6.07) is 11.8. The van der Waals surface area contributed by atoms with E-state index in [2.05, 4.69) is 5.32 Å². The highest BCUT2D eigenvalue weighted by molar-refractivity contribution is 6.35. The number of esters is 1. The first-order chi connectivity index (χ1) is 14.8. The standard InChI is InChI=1S/C23H23ClN2O5/c1-4-26(5-2)22(28)15-9-11-16(12-10-15)25-19(27)13-30-23(29)20-14(3)17-7-6-8-18(24)21(17)31-20/h6-12H,4-5,13H2,1-3H3,(H,25,27). The fraction of sp³-hybridized carbons (Fsp3) is 0.261. The summed E-state index contributed by atoms with van der Waals surface area (Å²) in [6.07, 6.45) is 0. The zero-order chi connectivity index (χ0) is 22.5. The summed E-state index contributed by atoms with van der Waals surface area (Å²) in [5.41, 5.74) is 2.02. The van der Waals surface area contributed by atoms with Crippen LogP contribution in [-0.2, 0) is 9.53 Å². The Balaban J connectivity index is 1.59. The fourth-order valence-electron chi connectivity index (χ4n) is 3.19. The van der Waals surface area contributed by atoms with Crippen molar-refractivity contribution < 1.29 is 23.5 Å². The maximum absolute atomic E-state index is 12.4. The van der Waals surface area contributed by atoms with Crippen LogP contribution in [0.2, 0.25) is 5.02 Å². The van der Waals surface area contributed by atoms with Gasteiger partial charge < -0.3 is 19.4 Å². The fourth-order valence-corrected chi connectivity index (χ4v) is 3.40. The van der Waals surface area contributed by atoms with Crippen LogP contribution in [0, 0.1) is 6.92 Å². The molecule has 1 aromatic heterocycles. The molecule has 1 N–H and O–H groups in total. The van der Waals surface area contributed by atoms with E-state index in [4.69, 9.17) is 20.8 Å². The number of nitrogens with zero attached hydrogens (tertiary/aromatic N) is 1. The third kappa shape index (κ3) is 4.88. The van der Waals surface area contributed by atoms with Gasteiger partial charge in [-0.15, -0.1) is 0 Å². The van der Waals surface area contributed by atoms with Gasteiger partial charge in [-0.3, -0.25) is 9.59 Å². The molecule has 0 atom stereocenters. The van der Waals surface area contributed by atoms with Crippen LogP contribution in [-0.4, -0.2) is 42.4 Å². The molecule has 0 spiro atoms. The van der Waals surface area contributed by atoms with Crippen LogP contribution < -0.4 is 5.32 Å². The second-order valence-corrected chi connectivity index (χ2v) is 7.26. The molecule has 162 valence electrons. The first-order valence-electron chi connectivity index (χ1n) is 9.89. The van der Waals surface area contributed by atoms with Gasteiger partial charge in [0.1, 0.15) is 0 Å². The predicted octanol–water partition coefficient (Wildman–Crippen LogP) is 4.67. The van der Waals surface area contributed by atoms with Crippen molar-refractivity contribution in [3.63, 3.8) is 0 Å². The predicted molar refractivity (Wildman–Crippen MR) is 119 cm³/mol. The Morgan fingerprint density at radius 1 is 1.06 bits per heavy atom. The lowest BCUT2D eigenvalue weighted by atomic mass is 10.1. The molecule has 0 fully saturated rings. The number of carbonyl (C=O) groups excluding carboxylic acids is 3. The van der Waals surface area contributed by atoms with Crippen molar-refractivity contribution in [1.82, 2.24) is 4.90 Å². The number of amides is 2. The van der Waals surface area contributed by atoms with E-state index in [1.165, 1.54) is 0 Å². The molecule has 0 aliphatic carbocycles. The van der Waals surface area contributed by atoms with Crippen LogP contribution in [0.4, 0.5) is 5.69 Å². The Kier molecular flexibility index (Phi) is 6.97. The number of rotatable bonds is 7. The molecule has 0 radical (unpaired) electrons.